The van der Waals surface area contributed by atoms with Gasteiger partial charge < -0.3 is 10.6 Å². The molecule has 1 aliphatic rings. The summed E-state index contributed by atoms with van der Waals surface area (Å²) in [5.74, 6) is 4.76. The molecule has 0 spiro atoms. The van der Waals surface area contributed by atoms with E-state index in [-0.39, 0.29) is 17.9 Å². The van der Waals surface area contributed by atoms with Gasteiger partial charge in [-0.15, -0.1) is 0 Å². The van der Waals surface area contributed by atoms with Gasteiger partial charge in [0, 0.05) is 19.0 Å². The molecule has 2 amide bonds. The van der Waals surface area contributed by atoms with Gasteiger partial charge in [-0.3, -0.25) is 9.59 Å². The first-order valence-corrected chi connectivity index (χ1v) is 4.72. The maximum atomic E-state index is 11.1. The second-order valence-electron chi connectivity index (χ2n) is 3.22. The van der Waals surface area contributed by atoms with E-state index in [1.807, 2.05) is 0 Å². The standard InChI is InChI=1S/C10H14N2O2/c1-2-3-10(14)12-8-4-5-9(13)11-7-6-8/h8H,4-7H2,1H3,(H,11,13)(H,12,14). The van der Waals surface area contributed by atoms with Gasteiger partial charge in [-0.05, 0) is 25.7 Å². The average Bonchev–Trinajstić information content (AvgIpc) is 2.32. The van der Waals surface area contributed by atoms with E-state index in [0.717, 1.165) is 6.42 Å². The van der Waals surface area contributed by atoms with Crippen molar-refractivity contribution < 1.29 is 9.59 Å². The minimum atomic E-state index is -0.258. The molecular formula is C10H14N2O2. The summed E-state index contributed by atoms with van der Waals surface area (Å²) in [5, 5.41) is 5.53. The highest BCUT2D eigenvalue weighted by Crippen LogP contribution is 2.05. The molecule has 1 aliphatic heterocycles. The average molecular weight is 194 g/mol. The number of carbonyl (C=O) groups excluding carboxylic acids is 2. The van der Waals surface area contributed by atoms with Crippen LogP contribution in [-0.4, -0.2) is 24.4 Å². The Hall–Kier alpha value is -1.50. The summed E-state index contributed by atoms with van der Waals surface area (Å²) in [6, 6.07) is 0.0716. The summed E-state index contributed by atoms with van der Waals surface area (Å²) < 4.78 is 0. The van der Waals surface area contributed by atoms with Crippen LogP contribution in [0.25, 0.3) is 0 Å². The summed E-state index contributed by atoms with van der Waals surface area (Å²) in [6.45, 7) is 2.25. The summed E-state index contributed by atoms with van der Waals surface area (Å²) in [6.07, 6.45) is 1.95. The zero-order valence-electron chi connectivity index (χ0n) is 8.22. The van der Waals surface area contributed by atoms with E-state index < -0.39 is 0 Å². The molecule has 1 unspecified atom stereocenters. The first-order valence-electron chi connectivity index (χ1n) is 4.72. The van der Waals surface area contributed by atoms with Crippen molar-refractivity contribution in [2.45, 2.75) is 32.2 Å². The Kier molecular flexibility index (Phi) is 3.99. The molecule has 76 valence electrons. The third-order valence-corrected chi connectivity index (χ3v) is 2.11. The van der Waals surface area contributed by atoms with E-state index in [1.54, 1.807) is 6.92 Å². The van der Waals surface area contributed by atoms with Crippen LogP contribution in [0.4, 0.5) is 0 Å². The van der Waals surface area contributed by atoms with Crippen LogP contribution in [-0.2, 0) is 9.59 Å². The van der Waals surface area contributed by atoms with E-state index in [0.29, 0.717) is 19.4 Å². The molecule has 4 heteroatoms. The lowest BCUT2D eigenvalue weighted by molar-refractivity contribution is -0.121. The molecule has 0 aromatic carbocycles. The summed E-state index contributed by atoms with van der Waals surface area (Å²) in [4.78, 5) is 22.1. The highest BCUT2D eigenvalue weighted by Gasteiger charge is 2.16. The van der Waals surface area contributed by atoms with Crippen molar-refractivity contribution in [1.82, 2.24) is 10.6 Å². The maximum absolute atomic E-state index is 11.1. The van der Waals surface area contributed by atoms with Gasteiger partial charge in [0.1, 0.15) is 0 Å². The summed E-state index contributed by atoms with van der Waals surface area (Å²) in [7, 11) is 0. The fraction of sp³-hybridized carbons (Fsp3) is 0.600. The van der Waals surface area contributed by atoms with Gasteiger partial charge in [0.05, 0.1) is 0 Å². The van der Waals surface area contributed by atoms with Gasteiger partial charge in [0.2, 0.25) is 5.91 Å². The lowest BCUT2D eigenvalue weighted by atomic mass is 10.1. The van der Waals surface area contributed by atoms with E-state index in [4.69, 9.17) is 0 Å². The van der Waals surface area contributed by atoms with Crippen molar-refractivity contribution in [2.24, 2.45) is 0 Å². The fourth-order valence-electron chi connectivity index (χ4n) is 1.40. The molecule has 4 nitrogen and oxygen atoms in total. The molecule has 1 rings (SSSR count). The normalized spacial score (nSPS) is 21.2. The van der Waals surface area contributed by atoms with Crippen molar-refractivity contribution in [3.05, 3.63) is 0 Å². The molecule has 0 bridgehead atoms. The molecular weight excluding hydrogens is 180 g/mol. The smallest absolute Gasteiger partial charge is 0.296 e. The van der Waals surface area contributed by atoms with Crippen molar-refractivity contribution in [3.8, 4) is 11.8 Å². The summed E-state index contributed by atoms with van der Waals surface area (Å²) in [5.41, 5.74) is 0. The minimum Gasteiger partial charge on any atom is -0.356 e. The third-order valence-electron chi connectivity index (χ3n) is 2.11. The van der Waals surface area contributed by atoms with E-state index in [1.165, 1.54) is 0 Å². The monoisotopic (exact) mass is 194 g/mol. The van der Waals surface area contributed by atoms with Crippen LogP contribution < -0.4 is 10.6 Å². The zero-order valence-corrected chi connectivity index (χ0v) is 8.22. The second kappa shape index (κ2) is 5.28. The molecule has 0 aliphatic carbocycles. The molecule has 1 fully saturated rings. The minimum absolute atomic E-state index is 0.0586. The molecule has 1 saturated heterocycles. The van der Waals surface area contributed by atoms with Crippen LogP contribution in [0.15, 0.2) is 0 Å². The quantitative estimate of drug-likeness (QED) is 0.568. The highest BCUT2D eigenvalue weighted by atomic mass is 16.2. The molecule has 1 atom stereocenters. The van der Waals surface area contributed by atoms with E-state index in [2.05, 4.69) is 22.5 Å². The van der Waals surface area contributed by atoms with Crippen LogP contribution in [0.5, 0.6) is 0 Å². The van der Waals surface area contributed by atoms with Gasteiger partial charge in [-0.1, -0.05) is 5.92 Å². The first kappa shape index (κ1) is 10.6. The van der Waals surface area contributed by atoms with Crippen molar-refractivity contribution in [2.75, 3.05) is 6.54 Å². The predicted octanol–water partition coefficient (Wildman–Crippen LogP) is -0.205. The molecule has 0 aromatic rings. The van der Waals surface area contributed by atoms with Crippen molar-refractivity contribution >= 4 is 11.8 Å². The number of carbonyl (C=O) groups is 2. The lowest BCUT2D eigenvalue weighted by Crippen LogP contribution is -2.34. The zero-order chi connectivity index (χ0) is 10.4. The van der Waals surface area contributed by atoms with Gasteiger partial charge in [-0.25, -0.2) is 0 Å². The molecule has 1 heterocycles. The van der Waals surface area contributed by atoms with Gasteiger partial charge in [0.15, 0.2) is 0 Å². The van der Waals surface area contributed by atoms with Crippen LogP contribution in [0.2, 0.25) is 0 Å². The third kappa shape index (κ3) is 3.48. The number of hydrogen-bond acceptors (Lipinski definition) is 2. The Morgan fingerprint density at radius 3 is 3.07 bits per heavy atom. The number of amides is 2. The summed E-state index contributed by atoms with van der Waals surface area (Å²) >= 11 is 0. The lowest BCUT2D eigenvalue weighted by Gasteiger charge is -2.12. The Labute approximate surface area is 83.4 Å². The topological polar surface area (TPSA) is 58.2 Å². The SMILES string of the molecule is CC#CC(=O)NC1CCNC(=O)CC1. The molecule has 0 aromatic heterocycles. The van der Waals surface area contributed by atoms with Crippen molar-refractivity contribution in [1.29, 1.82) is 0 Å². The molecule has 14 heavy (non-hydrogen) atoms. The Morgan fingerprint density at radius 2 is 2.36 bits per heavy atom. The Morgan fingerprint density at radius 1 is 1.57 bits per heavy atom. The van der Waals surface area contributed by atoms with E-state index in [9.17, 15) is 9.59 Å². The molecule has 0 radical (unpaired) electrons. The van der Waals surface area contributed by atoms with E-state index >= 15 is 0 Å². The first-order chi connectivity index (χ1) is 6.72. The second-order valence-corrected chi connectivity index (χ2v) is 3.22. The van der Waals surface area contributed by atoms with Gasteiger partial charge in [-0.2, -0.15) is 0 Å². The largest absolute Gasteiger partial charge is 0.356 e. The van der Waals surface area contributed by atoms with Crippen LogP contribution in [0, 0.1) is 11.8 Å². The van der Waals surface area contributed by atoms with Crippen LogP contribution in [0.1, 0.15) is 26.2 Å². The maximum Gasteiger partial charge on any atom is 0.296 e. The molecule has 0 saturated carbocycles. The number of rotatable bonds is 1. The number of hydrogen-bond donors (Lipinski definition) is 2. The predicted molar refractivity (Wildman–Crippen MR) is 52.2 cm³/mol. The van der Waals surface area contributed by atoms with Gasteiger partial charge >= 0.3 is 0 Å². The Balaban J connectivity index is 2.39. The highest BCUT2D eigenvalue weighted by molar-refractivity contribution is 5.93. The van der Waals surface area contributed by atoms with Crippen molar-refractivity contribution in [3.63, 3.8) is 0 Å². The fourth-order valence-corrected chi connectivity index (χ4v) is 1.40. The molecule has 2 N–H and O–H groups in total. The van der Waals surface area contributed by atoms with Crippen LogP contribution in [0.3, 0.4) is 0 Å². The Bertz CT molecular complexity index is 288. The van der Waals surface area contributed by atoms with Crippen LogP contribution >= 0.6 is 0 Å². The van der Waals surface area contributed by atoms with Gasteiger partial charge in [0.25, 0.3) is 5.91 Å². The number of nitrogens with one attached hydrogen (secondary N) is 2.